The molecule has 0 aliphatic heterocycles. The molecule has 1 atom stereocenters. The van der Waals surface area contributed by atoms with Crippen LogP contribution in [0.3, 0.4) is 0 Å². The Hall–Kier alpha value is -1.45. The van der Waals surface area contributed by atoms with Crippen LogP contribution in [0.2, 0.25) is 0 Å². The standard InChI is InChI=1S/C18H27N3O5.Na/c19-12-2-4-14-8-6-13(7-9-14)3-1-5-16(22)20-15(18(25)21-26)10-11-17(23)24;/h6-9,15,26H,1-5,10-12,19H2,(H,20,22)(H,21,25)(H,23,24);/q;+1/p-1. The summed E-state index contributed by atoms with van der Waals surface area (Å²) in [6, 6.07) is 7.03. The first kappa shape index (κ1) is 25.6. The van der Waals surface area contributed by atoms with E-state index < -0.39 is 24.3 Å². The fourth-order valence-corrected chi connectivity index (χ4v) is 2.51. The number of carboxylic acid groups (broad SMARTS) is 1. The molecule has 0 aliphatic rings. The molecule has 1 aromatic carbocycles. The van der Waals surface area contributed by atoms with Crippen molar-refractivity contribution in [3.63, 3.8) is 0 Å². The zero-order valence-electron chi connectivity index (χ0n) is 15.7. The van der Waals surface area contributed by atoms with Gasteiger partial charge in [-0.2, -0.15) is 0 Å². The normalized spacial score (nSPS) is 11.2. The Kier molecular flexibility index (Phi) is 13.8. The van der Waals surface area contributed by atoms with Crippen molar-refractivity contribution in [1.82, 2.24) is 10.8 Å². The van der Waals surface area contributed by atoms with Crippen LogP contribution in [0.5, 0.6) is 0 Å². The van der Waals surface area contributed by atoms with Crippen molar-refractivity contribution in [1.29, 1.82) is 0 Å². The Morgan fingerprint density at radius 3 is 2.07 bits per heavy atom. The van der Waals surface area contributed by atoms with E-state index in [1.54, 1.807) is 0 Å². The fraction of sp³-hybridized carbons (Fsp3) is 0.500. The maximum Gasteiger partial charge on any atom is 1.00 e. The minimum atomic E-state index is -1.33. The third kappa shape index (κ3) is 11.1. The molecule has 1 aromatic rings. The summed E-state index contributed by atoms with van der Waals surface area (Å²) < 4.78 is 0. The van der Waals surface area contributed by atoms with E-state index in [1.807, 2.05) is 24.3 Å². The molecule has 27 heavy (non-hydrogen) atoms. The summed E-state index contributed by atoms with van der Waals surface area (Å²) in [4.78, 5) is 33.9. The van der Waals surface area contributed by atoms with Crippen LogP contribution < -0.4 is 51.2 Å². The van der Waals surface area contributed by atoms with Crippen LogP contribution in [0.1, 0.15) is 43.2 Å². The molecule has 0 saturated carbocycles. The summed E-state index contributed by atoms with van der Waals surface area (Å²) in [6.07, 6.45) is 2.83. The van der Waals surface area contributed by atoms with Crippen molar-refractivity contribution in [2.24, 2.45) is 5.73 Å². The predicted molar refractivity (Wildman–Crippen MR) is 92.9 cm³/mol. The maximum atomic E-state index is 11.9. The Balaban J connectivity index is 0.00000676. The van der Waals surface area contributed by atoms with Crippen molar-refractivity contribution < 1.29 is 54.3 Å². The first-order valence-corrected chi connectivity index (χ1v) is 8.67. The molecule has 0 heterocycles. The zero-order chi connectivity index (χ0) is 19.4. The van der Waals surface area contributed by atoms with Gasteiger partial charge in [-0.25, -0.2) is 5.48 Å². The average Bonchev–Trinajstić information content (AvgIpc) is 2.63. The molecule has 5 N–H and O–H groups in total. The second-order valence-corrected chi connectivity index (χ2v) is 6.07. The van der Waals surface area contributed by atoms with Crippen LogP contribution >= 0.6 is 0 Å². The molecule has 0 aliphatic carbocycles. The Labute approximate surface area is 181 Å². The summed E-state index contributed by atoms with van der Waals surface area (Å²) >= 11 is 0. The largest absolute Gasteiger partial charge is 1.00 e. The number of aryl methyl sites for hydroxylation is 2. The van der Waals surface area contributed by atoms with Crippen molar-refractivity contribution in [3.05, 3.63) is 35.4 Å². The quantitative estimate of drug-likeness (QED) is 0.166. The molecule has 0 saturated heterocycles. The molecule has 9 heteroatoms. The second kappa shape index (κ2) is 14.6. The van der Waals surface area contributed by atoms with Gasteiger partial charge in [-0.15, -0.1) is 0 Å². The van der Waals surface area contributed by atoms with E-state index in [-0.39, 0.29) is 48.3 Å². The van der Waals surface area contributed by atoms with Gasteiger partial charge in [0.05, 0.1) is 0 Å². The molecule has 0 radical (unpaired) electrons. The SMILES string of the molecule is NCCCc1ccc(CCCC(=O)NC(CCC(=O)[O-])C(=O)NO)cc1.[Na+]. The number of hydrogen-bond acceptors (Lipinski definition) is 6. The van der Waals surface area contributed by atoms with Crippen LogP contribution in [-0.4, -0.2) is 35.6 Å². The molecule has 1 unspecified atom stereocenters. The zero-order valence-corrected chi connectivity index (χ0v) is 17.7. The second-order valence-electron chi connectivity index (χ2n) is 6.07. The predicted octanol–water partition coefficient (Wildman–Crippen LogP) is -3.58. The van der Waals surface area contributed by atoms with Gasteiger partial charge in [0.15, 0.2) is 0 Å². The summed E-state index contributed by atoms with van der Waals surface area (Å²) in [5, 5.41) is 21.6. The number of nitrogens with two attached hydrogens (primary N) is 1. The minimum Gasteiger partial charge on any atom is -0.550 e. The molecule has 2 amide bonds. The van der Waals surface area contributed by atoms with Gasteiger partial charge in [0.2, 0.25) is 5.91 Å². The Morgan fingerprint density at radius 2 is 1.59 bits per heavy atom. The molecule has 144 valence electrons. The Bertz CT molecular complexity index is 595. The number of carboxylic acids is 1. The maximum absolute atomic E-state index is 11.9. The fourth-order valence-electron chi connectivity index (χ4n) is 2.51. The number of rotatable bonds is 12. The third-order valence-electron chi connectivity index (χ3n) is 3.96. The van der Waals surface area contributed by atoms with Gasteiger partial charge in [-0.3, -0.25) is 14.8 Å². The van der Waals surface area contributed by atoms with Crippen LogP contribution in [-0.2, 0) is 27.2 Å². The van der Waals surface area contributed by atoms with Gasteiger partial charge in [-0.05, 0) is 56.2 Å². The van der Waals surface area contributed by atoms with E-state index >= 15 is 0 Å². The number of carbonyl (C=O) groups excluding carboxylic acids is 3. The topological polar surface area (TPSA) is 145 Å². The number of nitrogens with one attached hydrogen (secondary N) is 2. The van der Waals surface area contributed by atoms with Gasteiger partial charge in [0.25, 0.3) is 5.91 Å². The van der Waals surface area contributed by atoms with Crippen molar-refractivity contribution in [3.8, 4) is 0 Å². The van der Waals surface area contributed by atoms with E-state index in [0.717, 1.165) is 18.4 Å². The first-order chi connectivity index (χ1) is 12.5. The Morgan fingerprint density at radius 1 is 1.04 bits per heavy atom. The van der Waals surface area contributed by atoms with Gasteiger partial charge in [-0.1, -0.05) is 24.3 Å². The van der Waals surface area contributed by atoms with Gasteiger partial charge < -0.3 is 21.0 Å². The summed E-state index contributed by atoms with van der Waals surface area (Å²) in [5.41, 5.74) is 9.24. The molecular formula is C18H26N3NaO5. The average molecular weight is 387 g/mol. The van der Waals surface area contributed by atoms with Crippen LogP contribution in [0, 0.1) is 0 Å². The van der Waals surface area contributed by atoms with E-state index in [1.165, 1.54) is 11.0 Å². The van der Waals surface area contributed by atoms with Crippen LogP contribution in [0.25, 0.3) is 0 Å². The van der Waals surface area contributed by atoms with E-state index in [0.29, 0.717) is 19.4 Å². The van der Waals surface area contributed by atoms with Gasteiger partial charge in [0.1, 0.15) is 6.04 Å². The molecule has 0 bridgehead atoms. The molecule has 8 nitrogen and oxygen atoms in total. The molecular weight excluding hydrogens is 361 g/mol. The molecule has 0 aromatic heterocycles. The number of hydrogen-bond donors (Lipinski definition) is 4. The van der Waals surface area contributed by atoms with Crippen molar-refractivity contribution in [2.75, 3.05) is 6.54 Å². The van der Waals surface area contributed by atoms with Gasteiger partial charge >= 0.3 is 29.6 Å². The van der Waals surface area contributed by atoms with Crippen molar-refractivity contribution >= 4 is 17.8 Å². The number of carbonyl (C=O) groups is 3. The third-order valence-corrected chi connectivity index (χ3v) is 3.96. The first-order valence-electron chi connectivity index (χ1n) is 8.67. The number of hydroxylamine groups is 1. The molecule has 0 spiro atoms. The van der Waals surface area contributed by atoms with Gasteiger partial charge in [0, 0.05) is 12.4 Å². The summed E-state index contributed by atoms with van der Waals surface area (Å²) in [6.45, 7) is 0.662. The van der Waals surface area contributed by atoms with Crippen LogP contribution in [0.4, 0.5) is 0 Å². The van der Waals surface area contributed by atoms with E-state index in [9.17, 15) is 19.5 Å². The molecule has 1 rings (SSSR count). The van der Waals surface area contributed by atoms with E-state index in [4.69, 9.17) is 10.9 Å². The van der Waals surface area contributed by atoms with Crippen LogP contribution in [0.15, 0.2) is 24.3 Å². The minimum absolute atomic E-state index is 0. The monoisotopic (exact) mass is 387 g/mol. The summed E-state index contributed by atoms with van der Waals surface area (Å²) in [5.74, 6) is -2.56. The van der Waals surface area contributed by atoms with E-state index in [2.05, 4.69) is 5.32 Å². The number of benzene rings is 1. The van der Waals surface area contributed by atoms with Crippen molar-refractivity contribution in [2.45, 2.75) is 51.0 Å². The molecule has 0 fully saturated rings. The smallest absolute Gasteiger partial charge is 0.550 e. The number of aliphatic carboxylic acids is 1. The number of amides is 2. The summed E-state index contributed by atoms with van der Waals surface area (Å²) in [7, 11) is 0.